The van der Waals surface area contributed by atoms with Gasteiger partial charge in [-0.15, -0.1) is 24.0 Å². The Labute approximate surface area is 207 Å². The fraction of sp³-hybridized carbons (Fsp3) is 0.360. The molecule has 3 aromatic rings. The Balaban J connectivity index is 0.00000289. The topological polar surface area (TPSA) is 54.7 Å². The number of benzene rings is 2. The monoisotopic (exact) mass is 545 g/mol. The van der Waals surface area contributed by atoms with E-state index >= 15 is 0 Å². The number of ether oxygens (including phenoxy) is 1. The maximum Gasteiger partial charge on any atom is 0.193 e. The Morgan fingerprint density at radius 3 is 2.72 bits per heavy atom. The van der Waals surface area contributed by atoms with Crippen LogP contribution in [0.2, 0.25) is 0 Å². The molecule has 1 unspecified atom stereocenters. The zero-order valence-electron chi connectivity index (χ0n) is 18.8. The first-order chi connectivity index (χ1) is 15.2. The van der Waals surface area contributed by atoms with Crippen LogP contribution < -0.4 is 5.32 Å². The van der Waals surface area contributed by atoms with Crippen molar-refractivity contribution in [3.05, 3.63) is 78.4 Å². The highest BCUT2D eigenvalue weighted by Gasteiger charge is 2.19. The van der Waals surface area contributed by atoms with Crippen LogP contribution in [-0.4, -0.2) is 54.3 Å². The normalized spacial score (nSPS) is 15.9. The summed E-state index contributed by atoms with van der Waals surface area (Å²) in [5, 5.41) is 3.54. The van der Waals surface area contributed by atoms with E-state index in [2.05, 4.69) is 80.3 Å². The molecule has 1 N–H and O–H groups in total. The first-order valence-electron chi connectivity index (χ1n) is 10.9. The molecule has 1 aromatic heterocycles. The van der Waals surface area contributed by atoms with Crippen LogP contribution in [0.3, 0.4) is 0 Å². The Bertz CT molecular complexity index is 982. The van der Waals surface area contributed by atoms with Crippen molar-refractivity contribution in [1.82, 2.24) is 19.8 Å². The third kappa shape index (κ3) is 6.32. The average molecular weight is 545 g/mol. The van der Waals surface area contributed by atoms with Crippen LogP contribution in [0, 0.1) is 5.92 Å². The van der Waals surface area contributed by atoms with Gasteiger partial charge >= 0.3 is 0 Å². The van der Waals surface area contributed by atoms with Crippen molar-refractivity contribution in [2.45, 2.75) is 19.5 Å². The molecule has 0 radical (unpaired) electrons. The average Bonchev–Trinajstić information content (AvgIpc) is 3.50. The molecule has 0 bridgehead atoms. The molecule has 7 heteroatoms. The highest BCUT2D eigenvalue weighted by Crippen LogP contribution is 2.24. The fourth-order valence-corrected chi connectivity index (χ4v) is 4.10. The number of halogens is 1. The zero-order valence-corrected chi connectivity index (χ0v) is 21.1. The molecule has 0 amide bonds. The van der Waals surface area contributed by atoms with Gasteiger partial charge in [-0.25, -0.2) is 4.98 Å². The van der Waals surface area contributed by atoms with Gasteiger partial charge < -0.3 is 19.5 Å². The number of aliphatic imine (C=N–C) groups is 1. The zero-order chi connectivity index (χ0) is 21.5. The van der Waals surface area contributed by atoms with Crippen molar-refractivity contribution in [3.63, 3.8) is 0 Å². The lowest BCUT2D eigenvalue weighted by atomic mass is 9.98. The third-order valence-electron chi connectivity index (χ3n) is 5.77. The molecular formula is C25H32IN5O. The Hall–Kier alpha value is -2.39. The summed E-state index contributed by atoms with van der Waals surface area (Å²) < 4.78 is 7.59. The molecule has 2 heterocycles. The van der Waals surface area contributed by atoms with Crippen molar-refractivity contribution < 1.29 is 4.74 Å². The van der Waals surface area contributed by atoms with Crippen LogP contribution in [0.1, 0.15) is 17.5 Å². The van der Waals surface area contributed by atoms with Crippen LogP contribution in [0.15, 0.2) is 72.2 Å². The summed E-state index contributed by atoms with van der Waals surface area (Å²) >= 11 is 0. The maximum atomic E-state index is 5.51. The van der Waals surface area contributed by atoms with E-state index in [0.717, 1.165) is 45.2 Å². The lowest BCUT2D eigenvalue weighted by Crippen LogP contribution is -2.41. The van der Waals surface area contributed by atoms with Gasteiger partial charge in [-0.1, -0.05) is 48.5 Å². The smallest absolute Gasteiger partial charge is 0.193 e. The molecule has 0 saturated carbocycles. The van der Waals surface area contributed by atoms with Crippen molar-refractivity contribution in [1.29, 1.82) is 0 Å². The second-order valence-corrected chi connectivity index (χ2v) is 8.10. The number of guanidine groups is 1. The van der Waals surface area contributed by atoms with E-state index in [1.165, 1.54) is 22.3 Å². The standard InChI is InChI=1S/C25H31N5O.HI/c1-26-25(29(2)16-21-11-14-31-18-21)28-15-23-5-3-4-6-24(23)22-9-7-20(8-10-22)17-30-13-12-27-19-30;/h3-10,12-13,19,21H,11,14-18H2,1-2H3,(H,26,28);1H. The predicted octanol–water partition coefficient (Wildman–Crippen LogP) is 4.26. The molecule has 32 heavy (non-hydrogen) atoms. The van der Waals surface area contributed by atoms with Crippen molar-refractivity contribution >= 4 is 29.9 Å². The minimum Gasteiger partial charge on any atom is -0.381 e. The summed E-state index contributed by atoms with van der Waals surface area (Å²) in [5.74, 6) is 1.49. The van der Waals surface area contributed by atoms with Crippen molar-refractivity contribution in [2.75, 3.05) is 33.9 Å². The highest BCUT2D eigenvalue weighted by atomic mass is 127. The third-order valence-corrected chi connectivity index (χ3v) is 5.77. The summed E-state index contributed by atoms with van der Waals surface area (Å²) in [4.78, 5) is 10.8. The summed E-state index contributed by atoms with van der Waals surface area (Å²) in [7, 11) is 3.94. The Morgan fingerprint density at radius 1 is 1.22 bits per heavy atom. The lowest BCUT2D eigenvalue weighted by Gasteiger charge is -2.25. The molecule has 1 saturated heterocycles. The SMILES string of the molecule is CN=C(NCc1ccccc1-c1ccc(Cn2ccnc2)cc1)N(C)CC1CCOC1.I. The summed E-state index contributed by atoms with van der Waals surface area (Å²) in [6.07, 6.45) is 6.77. The van der Waals surface area contributed by atoms with Gasteiger partial charge in [-0.3, -0.25) is 4.99 Å². The number of aromatic nitrogens is 2. The summed E-state index contributed by atoms with van der Waals surface area (Å²) in [6, 6.07) is 17.3. The van der Waals surface area contributed by atoms with Gasteiger partial charge in [0.05, 0.1) is 12.9 Å². The van der Waals surface area contributed by atoms with E-state index in [4.69, 9.17) is 4.74 Å². The second kappa shape index (κ2) is 12.0. The molecule has 170 valence electrons. The van der Waals surface area contributed by atoms with E-state index < -0.39 is 0 Å². The highest BCUT2D eigenvalue weighted by molar-refractivity contribution is 14.0. The minimum absolute atomic E-state index is 0. The van der Waals surface area contributed by atoms with Gasteiger partial charge in [0.2, 0.25) is 0 Å². The number of hydrogen-bond donors (Lipinski definition) is 1. The molecular weight excluding hydrogens is 513 g/mol. The summed E-state index contributed by atoms with van der Waals surface area (Å²) in [5.41, 5.74) is 4.98. The van der Waals surface area contributed by atoms with Crippen LogP contribution >= 0.6 is 24.0 Å². The first-order valence-corrected chi connectivity index (χ1v) is 10.9. The fourth-order valence-electron chi connectivity index (χ4n) is 4.10. The minimum atomic E-state index is 0. The molecule has 0 aliphatic carbocycles. The molecule has 1 aliphatic rings. The molecule has 6 nitrogen and oxygen atoms in total. The predicted molar refractivity (Wildman–Crippen MR) is 140 cm³/mol. The quantitative estimate of drug-likeness (QED) is 0.274. The maximum absolute atomic E-state index is 5.51. The number of nitrogens with one attached hydrogen (secondary N) is 1. The Morgan fingerprint density at radius 2 is 2.03 bits per heavy atom. The first kappa shape index (κ1) is 24.3. The van der Waals surface area contributed by atoms with Gasteiger partial charge in [-0.2, -0.15) is 0 Å². The van der Waals surface area contributed by atoms with E-state index in [1.54, 1.807) is 0 Å². The lowest BCUT2D eigenvalue weighted by molar-refractivity contribution is 0.181. The van der Waals surface area contributed by atoms with Gasteiger partial charge in [-0.05, 0) is 28.7 Å². The molecule has 2 aromatic carbocycles. The Kier molecular flexibility index (Phi) is 9.11. The van der Waals surface area contributed by atoms with Crippen LogP contribution in [-0.2, 0) is 17.8 Å². The molecule has 4 rings (SSSR count). The van der Waals surface area contributed by atoms with Crippen molar-refractivity contribution in [2.24, 2.45) is 10.9 Å². The molecule has 1 aliphatic heterocycles. The van der Waals surface area contributed by atoms with Crippen LogP contribution in [0.25, 0.3) is 11.1 Å². The molecule has 1 fully saturated rings. The number of imidazole rings is 1. The molecule has 1 atom stereocenters. The number of rotatable bonds is 7. The largest absolute Gasteiger partial charge is 0.381 e. The van der Waals surface area contributed by atoms with Crippen LogP contribution in [0.5, 0.6) is 0 Å². The van der Waals surface area contributed by atoms with E-state index in [9.17, 15) is 0 Å². The number of hydrogen-bond acceptors (Lipinski definition) is 3. The van der Waals surface area contributed by atoms with Gasteiger partial charge in [0.25, 0.3) is 0 Å². The van der Waals surface area contributed by atoms with Gasteiger partial charge in [0, 0.05) is 58.6 Å². The van der Waals surface area contributed by atoms with E-state index in [1.807, 2.05) is 25.8 Å². The second-order valence-electron chi connectivity index (χ2n) is 8.10. The van der Waals surface area contributed by atoms with Gasteiger partial charge in [0.15, 0.2) is 5.96 Å². The van der Waals surface area contributed by atoms with Crippen LogP contribution in [0.4, 0.5) is 0 Å². The molecule has 0 spiro atoms. The van der Waals surface area contributed by atoms with Gasteiger partial charge in [0.1, 0.15) is 0 Å². The van der Waals surface area contributed by atoms with E-state index in [0.29, 0.717) is 5.92 Å². The number of nitrogens with zero attached hydrogens (tertiary/aromatic N) is 4. The summed E-state index contributed by atoms with van der Waals surface area (Å²) in [6.45, 7) is 4.24. The van der Waals surface area contributed by atoms with E-state index in [-0.39, 0.29) is 24.0 Å². The van der Waals surface area contributed by atoms with Crippen molar-refractivity contribution in [3.8, 4) is 11.1 Å².